The molecule has 1 saturated heterocycles. The molecule has 2 heterocycles. The highest BCUT2D eigenvalue weighted by Crippen LogP contribution is 2.22. The molecule has 1 aromatic rings. The molecule has 0 saturated carbocycles. The van der Waals surface area contributed by atoms with Gasteiger partial charge in [0.25, 0.3) is 0 Å². The summed E-state index contributed by atoms with van der Waals surface area (Å²) in [6, 6.07) is 3.05. The average Bonchev–Trinajstić information content (AvgIpc) is 2.47. The number of pyridine rings is 1. The predicted octanol–water partition coefficient (Wildman–Crippen LogP) is 0.975. The van der Waals surface area contributed by atoms with E-state index in [0.29, 0.717) is 26.2 Å². The number of anilines is 1. The number of carboxylic acids is 1. The molecule has 0 aliphatic carbocycles. The van der Waals surface area contributed by atoms with Gasteiger partial charge in [-0.25, -0.2) is 0 Å². The zero-order chi connectivity index (χ0) is 15.6. The fourth-order valence-corrected chi connectivity index (χ4v) is 2.33. The lowest BCUT2D eigenvalue weighted by Gasteiger charge is -2.42. The van der Waals surface area contributed by atoms with Gasteiger partial charge in [-0.05, 0) is 29.8 Å². The van der Waals surface area contributed by atoms with Gasteiger partial charge in [0, 0.05) is 32.2 Å². The normalized spacial score (nSPS) is 16.8. The summed E-state index contributed by atoms with van der Waals surface area (Å²) < 4.78 is 0. The van der Waals surface area contributed by atoms with Gasteiger partial charge >= 0.3 is 11.8 Å². The van der Waals surface area contributed by atoms with Gasteiger partial charge in [0.05, 0.1) is 5.69 Å². The summed E-state index contributed by atoms with van der Waals surface area (Å²) in [6.45, 7) is 5.95. The van der Waals surface area contributed by atoms with Gasteiger partial charge in [0.2, 0.25) is 0 Å². The summed E-state index contributed by atoms with van der Waals surface area (Å²) in [5.74, 6) is -1.02. The van der Waals surface area contributed by atoms with Crippen LogP contribution < -0.4 is 4.90 Å². The van der Waals surface area contributed by atoms with Gasteiger partial charge in [-0.1, -0.05) is 0 Å². The molecule has 0 amide bonds. The Bertz CT molecular complexity index is 536. The standard InChI is InChI=1S/C13H18N4O4/c1-13(2,12(18)19)16-7-5-15(6-8-16)10-3-4-11(14-9-10)17(20)21/h3-4,9H,5-8H2,1-2H3,(H,18,19). The molecular weight excluding hydrogens is 276 g/mol. The summed E-state index contributed by atoms with van der Waals surface area (Å²) in [4.78, 5) is 29.1. The second-order valence-corrected chi connectivity index (χ2v) is 5.47. The van der Waals surface area contributed by atoms with Crippen LogP contribution in [-0.4, -0.2) is 57.6 Å². The van der Waals surface area contributed by atoms with Crippen LogP contribution in [0.25, 0.3) is 0 Å². The first-order valence-corrected chi connectivity index (χ1v) is 6.66. The summed E-state index contributed by atoms with van der Waals surface area (Å²) in [5, 5.41) is 19.8. The minimum Gasteiger partial charge on any atom is -0.480 e. The van der Waals surface area contributed by atoms with E-state index >= 15 is 0 Å². The van der Waals surface area contributed by atoms with Crippen LogP contribution in [0.4, 0.5) is 11.5 Å². The Labute approximate surface area is 122 Å². The van der Waals surface area contributed by atoms with Crippen molar-refractivity contribution in [1.82, 2.24) is 9.88 Å². The van der Waals surface area contributed by atoms with Crippen molar-refractivity contribution in [3.8, 4) is 0 Å². The summed E-state index contributed by atoms with van der Waals surface area (Å²) in [7, 11) is 0. The maximum Gasteiger partial charge on any atom is 0.363 e. The van der Waals surface area contributed by atoms with Crippen molar-refractivity contribution in [2.24, 2.45) is 0 Å². The minimum atomic E-state index is -0.889. The molecule has 1 aromatic heterocycles. The van der Waals surface area contributed by atoms with E-state index in [-0.39, 0.29) is 5.82 Å². The van der Waals surface area contributed by atoms with Crippen molar-refractivity contribution in [2.45, 2.75) is 19.4 Å². The number of nitro groups is 1. The van der Waals surface area contributed by atoms with E-state index in [9.17, 15) is 20.0 Å². The largest absolute Gasteiger partial charge is 0.480 e. The van der Waals surface area contributed by atoms with Gasteiger partial charge in [-0.2, -0.15) is 0 Å². The Morgan fingerprint density at radius 1 is 1.33 bits per heavy atom. The Kier molecular flexibility index (Phi) is 4.08. The van der Waals surface area contributed by atoms with Crippen LogP contribution in [-0.2, 0) is 4.79 Å². The van der Waals surface area contributed by atoms with Gasteiger partial charge in [0.1, 0.15) is 5.54 Å². The maximum atomic E-state index is 11.2. The first-order chi connectivity index (χ1) is 9.82. The highest BCUT2D eigenvalue weighted by molar-refractivity contribution is 5.77. The van der Waals surface area contributed by atoms with E-state index < -0.39 is 16.4 Å². The van der Waals surface area contributed by atoms with Crippen LogP contribution in [0.3, 0.4) is 0 Å². The fourth-order valence-electron chi connectivity index (χ4n) is 2.33. The van der Waals surface area contributed by atoms with E-state index in [0.717, 1.165) is 5.69 Å². The molecule has 1 aliphatic rings. The molecule has 1 aliphatic heterocycles. The Hall–Kier alpha value is -2.22. The maximum absolute atomic E-state index is 11.2. The van der Waals surface area contributed by atoms with E-state index in [1.807, 2.05) is 9.80 Å². The van der Waals surface area contributed by atoms with Crippen molar-refractivity contribution in [2.75, 3.05) is 31.1 Å². The zero-order valence-electron chi connectivity index (χ0n) is 12.0. The van der Waals surface area contributed by atoms with Crippen molar-refractivity contribution >= 4 is 17.5 Å². The van der Waals surface area contributed by atoms with E-state index in [4.69, 9.17) is 0 Å². The summed E-state index contributed by atoms with van der Waals surface area (Å²) in [6.07, 6.45) is 1.48. The Balaban J connectivity index is 2.01. The number of hydrogen-bond acceptors (Lipinski definition) is 6. The van der Waals surface area contributed by atoms with Gasteiger partial charge in [-0.3, -0.25) is 9.69 Å². The molecule has 21 heavy (non-hydrogen) atoms. The molecule has 0 aromatic carbocycles. The van der Waals surface area contributed by atoms with E-state index in [2.05, 4.69) is 4.98 Å². The molecular formula is C13H18N4O4. The molecule has 1 fully saturated rings. The molecule has 0 unspecified atom stereocenters. The zero-order valence-corrected chi connectivity index (χ0v) is 12.0. The van der Waals surface area contributed by atoms with Crippen molar-refractivity contribution in [3.05, 3.63) is 28.4 Å². The number of hydrogen-bond donors (Lipinski definition) is 1. The molecule has 8 heteroatoms. The summed E-state index contributed by atoms with van der Waals surface area (Å²) in [5.41, 5.74) is -0.0758. The fraction of sp³-hybridized carbons (Fsp3) is 0.538. The van der Waals surface area contributed by atoms with Gasteiger partial charge in [-0.15, -0.1) is 0 Å². The van der Waals surface area contributed by atoms with Crippen molar-refractivity contribution in [1.29, 1.82) is 0 Å². The minimum absolute atomic E-state index is 0.176. The molecule has 0 atom stereocenters. The van der Waals surface area contributed by atoms with E-state index in [1.165, 1.54) is 12.3 Å². The monoisotopic (exact) mass is 294 g/mol. The van der Waals surface area contributed by atoms with Gasteiger partial charge in [0.15, 0.2) is 6.20 Å². The first-order valence-electron chi connectivity index (χ1n) is 6.66. The molecule has 0 spiro atoms. The van der Waals surface area contributed by atoms with Crippen LogP contribution >= 0.6 is 0 Å². The third-order valence-corrected chi connectivity index (χ3v) is 3.88. The molecule has 0 bridgehead atoms. The number of piperazine rings is 1. The van der Waals surface area contributed by atoms with Crippen molar-refractivity contribution in [3.63, 3.8) is 0 Å². The van der Waals surface area contributed by atoms with Crippen LogP contribution in [0.15, 0.2) is 18.3 Å². The Morgan fingerprint density at radius 2 is 1.95 bits per heavy atom. The van der Waals surface area contributed by atoms with E-state index in [1.54, 1.807) is 19.9 Å². The number of rotatable bonds is 4. The molecule has 1 N–H and O–H groups in total. The number of aromatic nitrogens is 1. The number of carboxylic acid groups (broad SMARTS) is 1. The second kappa shape index (κ2) is 5.65. The molecule has 2 rings (SSSR count). The molecule has 0 radical (unpaired) electrons. The lowest BCUT2D eigenvalue weighted by molar-refractivity contribution is -0.389. The van der Waals surface area contributed by atoms with Crippen molar-refractivity contribution < 1.29 is 14.8 Å². The number of carbonyl (C=O) groups is 1. The molecule has 8 nitrogen and oxygen atoms in total. The topological polar surface area (TPSA) is 99.8 Å². The molecule has 114 valence electrons. The first kappa shape index (κ1) is 15.2. The number of nitrogens with zero attached hydrogens (tertiary/aromatic N) is 4. The lowest BCUT2D eigenvalue weighted by atomic mass is 10.0. The van der Waals surface area contributed by atoms with Crippen LogP contribution in [0.5, 0.6) is 0 Å². The highest BCUT2D eigenvalue weighted by atomic mass is 16.6. The smallest absolute Gasteiger partial charge is 0.363 e. The van der Waals surface area contributed by atoms with Crippen LogP contribution in [0.2, 0.25) is 0 Å². The number of aliphatic carboxylic acids is 1. The second-order valence-electron chi connectivity index (χ2n) is 5.47. The van der Waals surface area contributed by atoms with Crippen LogP contribution in [0.1, 0.15) is 13.8 Å². The quantitative estimate of drug-likeness (QED) is 0.652. The third kappa shape index (κ3) is 3.10. The van der Waals surface area contributed by atoms with Gasteiger partial charge < -0.3 is 20.1 Å². The van der Waals surface area contributed by atoms with Crippen LogP contribution in [0, 0.1) is 10.1 Å². The summed E-state index contributed by atoms with van der Waals surface area (Å²) >= 11 is 0. The predicted molar refractivity (Wildman–Crippen MR) is 76.4 cm³/mol. The Morgan fingerprint density at radius 3 is 2.38 bits per heavy atom. The lowest BCUT2D eigenvalue weighted by Crippen LogP contribution is -2.58. The SMILES string of the molecule is CC(C)(C(=O)O)N1CCN(c2ccc([N+](=O)[O-])nc2)CC1. The average molecular weight is 294 g/mol. The highest BCUT2D eigenvalue weighted by Gasteiger charge is 2.36. The third-order valence-electron chi connectivity index (χ3n) is 3.88.